The third-order valence-corrected chi connectivity index (χ3v) is 7.60. The van der Waals surface area contributed by atoms with Crippen LogP contribution in [0.25, 0.3) is 0 Å². The SMILES string of the molecule is COC(=O)C[C@H](NC(=O)OCc1ccccc1)NC(=O)[C@H]1CCCN(C(=O)CCC2CCN(C(=O)OC(C)(C)C)CC2)C1. The van der Waals surface area contributed by atoms with Gasteiger partial charge in [0.05, 0.1) is 19.4 Å². The molecule has 2 N–H and O–H groups in total. The van der Waals surface area contributed by atoms with Gasteiger partial charge in [0.25, 0.3) is 0 Å². The summed E-state index contributed by atoms with van der Waals surface area (Å²) in [6, 6.07) is 9.13. The highest BCUT2D eigenvalue weighted by molar-refractivity contribution is 5.83. The number of esters is 1. The Morgan fingerprint density at radius 3 is 2.30 bits per heavy atom. The molecule has 12 nitrogen and oxygen atoms in total. The van der Waals surface area contributed by atoms with Gasteiger partial charge in [-0.2, -0.15) is 0 Å². The highest BCUT2D eigenvalue weighted by Crippen LogP contribution is 2.25. The van der Waals surface area contributed by atoms with E-state index < -0.39 is 29.7 Å². The molecule has 43 heavy (non-hydrogen) atoms. The van der Waals surface area contributed by atoms with Crippen molar-refractivity contribution < 1.29 is 38.2 Å². The van der Waals surface area contributed by atoms with Crippen LogP contribution in [0, 0.1) is 11.8 Å². The van der Waals surface area contributed by atoms with Crippen molar-refractivity contribution in [3.8, 4) is 0 Å². The van der Waals surface area contributed by atoms with E-state index in [-0.39, 0.29) is 37.5 Å². The number of hydrogen-bond donors (Lipinski definition) is 2. The molecule has 2 fully saturated rings. The van der Waals surface area contributed by atoms with Gasteiger partial charge in [0.2, 0.25) is 11.8 Å². The van der Waals surface area contributed by atoms with Crippen LogP contribution in [-0.4, -0.2) is 84.8 Å². The number of alkyl carbamates (subject to hydrolysis) is 1. The second kappa shape index (κ2) is 16.1. The second-order valence-corrected chi connectivity index (χ2v) is 12.2. The number of carbonyl (C=O) groups excluding carboxylic acids is 5. The van der Waals surface area contributed by atoms with Crippen molar-refractivity contribution in [1.29, 1.82) is 0 Å². The minimum Gasteiger partial charge on any atom is -0.469 e. The lowest BCUT2D eigenvalue weighted by Gasteiger charge is -2.35. The predicted octanol–water partition coefficient (Wildman–Crippen LogP) is 3.58. The van der Waals surface area contributed by atoms with Gasteiger partial charge < -0.3 is 34.6 Å². The quantitative estimate of drug-likeness (QED) is 0.235. The third-order valence-electron chi connectivity index (χ3n) is 7.60. The molecule has 0 saturated carbocycles. The van der Waals surface area contributed by atoms with Crippen LogP contribution >= 0.6 is 0 Å². The Balaban J connectivity index is 1.44. The molecular formula is C31H46N4O8. The average Bonchev–Trinajstić information content (AvgIpc) is 2.98. The largest absolute Gasteiger partial charge is 0.469 e. The maximum Gasteiger partial charge on any atom is 0.410 e. The average molecular weight is 603 g/mol. The van der Waals surface area contributed by atoms with Crippen LogP contribution in [0.15, 0.2) is 30.3 Å². The Morgan fingerprint density at radius 1 is 0.953 bits per heavy atom. The summed E-state index contributed by atoms with van der Waals surface area (Å²) in [6.07, 6.45) is 1.62. The van der Waals surface area contributed by atoms with Gasteiger partial charge in [-0.25, -0.2) is 9.59 Å². The number of carbonyl (C=O) groups is 5. The summed E-state index contributed by atoms with van der Waals surface area (Å²) in [5, 5.41) is 5.25. The minimum absolute atomic E-state index is 0.000738. The van der Waals surface area contributed by atoms with Crippen molar-refractivity contribution in [2.45, 2.75) is 84.1 Å². The van der Waals surface area contributed by atoms with Crippen molar-refractivity contribution in [3.63, 3.8) is 0 Å². The van der Waals surface area contributed by atoms with Gasteiger partial charge in [0, 0.05) is 32.6 Å². The zero-order chi connectivity index (χ0) is 31.4. The zero-order valence-electron chi connectivity index (χ0n) is 25.8. The first kappa shape index (κ1) is 33.7. The highest BCUT2D eigenvalue weighted by Gasteiger charge is 2.32. The van der Waals surface area contributed by atoms with Crippen LogP contribution in [0.2, 0.25) is 0 Å². The van der Waals surface area contributed by atoms with Crippen LogP contribution in [0.1, 0.15) is 71.3 Å². The number of piperidine rings is 2. The summed E-state index contributed by atoms with van der Waals surface area (Å²) in [4.78, 5) is 66.3. The van der Waals surface area contributed by atoms with E-state index in [1.54, 1.807) is 9.80 Å². The topological polar surface area (TPSA) is 144 Å². The lowest BCUT2D eigenvalue weighted by molar-refractivity contribution is -0.141. The van der Waals surface area contributed by atoms with Gasteiger partial charge in [0.15, 0.2) is 0 Å². The van der Waals surface area contributed by atoms with Gasteiger partial charge in [0.1, 0.15) is 18.4 Å². The smallest absolute Gasteiger partial charge is 0.410 e. The zero-order valence-corrected chi connectivity index (χ0v) is 25.8. The summed E-state index contributed by atoms with van der Waals surface area (Å²) in [5.74, 6) is -1.09. The van der Waals surface area contributed by atoms with E-state index in [9.17, 15) is 24.0 Å². The summed E-state index contributed by atoms with van der Waals surface area (Å²) in [5.41, 5.74) is 0.265. The molecule has 1 aromatic rings. The van der Waals surface area contributed by atoms with E-state index in [0.29, 0.717) is 44.8 Å². The Kier molecular flexibility index (Phi) is 12.6. The molecule has 238 valence electrons. The number of nitrogens with zero attached hydrogens (tertiary/aromatic N) is 2. The molecule has 2 aliphatic heterocycles. The van der Waals surface area contributed by atoms with E-state index >= 15 is 0 Å². The number of rotatable bonds is 10. The lowest BCUT2D eigenvalue weighted by Crippen LogP contribution is -2.53. The first-order valence-electron chi connectivity index (χ1n) is 15.0. The molecule has 0 unspecified atom stereocenters. The van der Waals surface area contributed by atoms with Crippen LogP contribution < -0.4 is 10.6 Å². The third kappa shape index (κ3) is 11.8. The van der Waals surface area contributed by atoms with E-state index in [4.69, 9.17) is 14.2 Å². The molecule has 0 spiro atoms. The van der Waals surface area contributed by atoms with Crippen molar-refractivity contribution in [3.05, 3.63) is 35.9 Å². The van der Waals surface area contributed by atoms with Gasteiger partial charge >= 0.3 is 18.2 Å². The van der Waals surface area contributed by atoms with Gasteiger partial charge in [-0.3, -0.25) is 14.4 Å². The Labute approximate surface area is 253 Å². The normalized spacial score (nSPS) is 18.3. The monoisotopic (exact) mass is 602 g/mol. The fourth-order valence-electron chi connectivity index (χ4n) is 5.22. The van der Waals surface area contributed by atoms with Crippen LogP contribution in [0.3, 0.4) is 0 Å². The summed E-state index contributed by atoms with van der Waals surface area (Å²) < 4.78 is 15.4. The van der Waals surface area contributed by atoms with Crippen molar-refractivity contribution in [1.82, 2.24) is 20.4 Å². The number of amides is 4. The fourth-order valence-corrected chi connectivity index (χ4v) is 5.22. The number of methoxy groups -OCH3 is 1. The molecule has 0 radical (unpaired) electrons. The molecule has 2 saturated heterocycles. The molecule has 0 aromatic heterocycles. The number of ether oxygens (including phenoxy) is 3. The van der Waals surface area contributed by atoms with E-state index in [1.807, 2.05) is 51.1 Å². The van der Waals surface area contributed by atoms with Crippen LogP contribution in [0.5, 0.6) is 0 Å². The Morgan fingerprint density at radius 2 is 1.65 bits per heavy atom. The molecule has 2 atom stereocenters. The van der Waals surface area contributed by atoms with E-state index in [2.05, 4.69) is 10.6 Å². The molecular weight excluding hydrogens is 556 g/mol. The molecule has 12 heteroatoms. The summed E-state index contributed by atoms with van der Waals surface area (Å²) >= 11 is 0. The Hall–Kier alpha value is -3.83. The summed E-state index contributed by atoms with van der Waals surface area (Å²) in [6.45, 7) is 7.65. The number of hydrogen-bond acceptors (Lipinski definition) is 8. The summed E-state index contributed by atoms with van der Waals surface area (Å²) in [7, 11) is 1.23. The Bertz CT molecular complexity index is 1100. The molecule has 2 heterocycles. The molecule has 4 amide bonds. The minimum atomic E-state index is -1.03. The predicted molar refractivity (Wildman–Crippen MR) is 157 cm³/mol. The maximum absolute atomic E-state index is 13.1. The molecule has 3 rings (SSSR count). The maximum atomic E-state index is 13.1. The fraction of sp³-hybridized carbons (Fsp3) is 0.645. The van der Waals surface area contributed by atoms with Crippen LogP contribution in [-0.2, 0) is 35.2 Å². The molecule has 0 aliphatic carbocycles. The van der Waals surface area contributed by atoms with E-state index in [1.165, 1.54) is 7.11 Å². The number of likely N-dealkylation sites (tertiary alicyclic amines) is 2. The lowest BCUT2D eigenvalue weighted by atomic mass is 9.91. The number of benzene rings is 1. The highest BCUT2D eigenvalue weighted by atomic mass is 16.6. The van der Waals surface area contributed by atoms with Crippen molar-refractivity contribution in [2.75, 3.05) is 33.3 Å². The number of nitrogens with one attached hydrogen (secondary N) is 2. The molecule has 1 aromatic carbocycles. The first-order chi connectivity index (χ1) is 20.4. The first-order valence-corrected chi connectivity index (χ1v) is 15.0. The van der Waals surface area contributed by atoms with Gasteiger partial charge in [-0.1, -0.05) is 30.3 Å². The van der Waals surface area contributed by atoms with Gasteiger partial charge in [-0.05, 0) is 64.4 Å². The van der Waals surface area contributed by atoms with Crippen LogP contribution in [0.4, 0.5) is 9.59 Å². The van der Waals surface area contributed by atoms with Crippen molar-refractivity contribution >= 4 is 30.0 Å². The standard InChI is InChI=1S/C31H46N4O8/c1-31(2,3)43-30(40)34-17-14-22(15-18-34)12-13-26(36)35-16-8-11-24(20-35)28(38)32-25(19-27(37)41-4)33-29(39)42-21-23-9-6-5-7-10-23/h5-7,9-10,22,24-25H,8,11-21H2,1-4H3,(H,32,38)(H,33,39)/t24-,25-/m0/s1. The molecule has 0 bridgehead atoms. The van der Waals surface area contributed by atoms with Crippen molar-refractivity contribution in [2.24, 2.45) is 11.8 Å². The van der Waals surface area contributed by atoms with Gasteiger partial charge in [-0.15, -0.1) is 0 Å². The molecule has 2 aliphatic rings. The van der Waals surface area contributed by atoms with E-state index in [0.717, 1.165) is 24.8 Å². The second-order valence-electron chi connectivity index (χ2n) is 12.2.